The average molecular weight is 438 g/mol. The zero-order chi connectivity index (χ0) is 22.1. The number of piperidine rings is 1. The lowest BCUT2D eigenvalue weighted by atomic mass is 9.83. The number of likely N-dealkylation sites (tertiary alicyclic amines) is 1. The van der Waals surface area contributed by atoms with E-state index in [9.17, 15) is 14.4 Å². The number of rotatable bonds is 6. The Balaban J connectivity index is 1.13. The summed E-state index contributed by atoms with van der Waals surface area (Å²) in [4.78, 5) is 39.6. The molecule has 1 saturated carbocycles. The predicted octanol–water partition coefficient (Wildman–Crippen LogP) is 2.69. The van der Waals surface area contributed by atoms with Crippen molar-refractivity contribution in [3.05, 3.63) is 58.4 Å². The quantitative estimate of drug-likeness (QED) is 0.753. The van der Waals surface area contributed by atoms with E-state index in [0.29, 0.717) is 31.5 Å². The molecule has 5 rings (SSSR count). The fourth-order valence-corrected chi connectivity index (χ4v) is 5.92. The van der Waals surface area contributed by atoms with Crippen LogP contribution in [0.4, 0.5) is 0 Å². The SMILES string of the molecule is O=C(CCC(=O)N1C[C@@H]2C[C@H](C1)c1cccc(=O)n1C2)NC1CCCC1Cc1ccco1. The monoisotopic (exact) mass is 437 g/mol. The van der Waals surface area contributed by atoms with E-state index < -0.39 is 0 Å². The first-order valence-corrected chi connectivity index (χ1v) is 11.9. The third-order valence-electron chi connectivity index (χ3n) is 7.45. The Morgan fingerprint density at radius 3 is 2.81 bits per heavy atom. The molecule has 0 aromatic carbocycles. The minimum Gasteiger partial charge on any atom is -0.469 e. The van der Waals surface area contributed by atoms with E-state index in [1.165, 1.54) is 0 Å². The van der Waals surface area contributed by atoms with Gasteiger partial charge in [-0.2, -0.15) is 0 Å². The molecule has 2 amide bonds. The second-order valence-electron chi connectivity index (χ2n) is 9.65. The minimum absolute atomic E-state index is 0.0382. The summed E-state index contributed by atoms with van der Waals surface area (Å²) in [5.74, 6) is 1.87. The van der Waals surface area contributed by atoms with Crippen LogP contribution < -0.4 is 10.9 Å². The maximum absolute atomic E-state index is 12.9. The first-order valence-electron chi connectivity index (χ1n) is 11.9. The number of hydrogen-bond acceptors (Lipinski definition) is 4. The smallest absolute Gasteiger partial charge is 0.250 e. The summed E-state index contributed by atoms with van der Waals surface area (Å²) in [5, 5.41) is 3.17. The molecule has 170 valence electrons. The van der Waals surface area contributed by atoms with E-state index in [-0.39, 0.29) is 42.2 Å². The van der Waals surface area contributed by atoms with Crippen LogP contribution in [0.25, 0.3) is 0 Å². The van der Waals surface area contributed by atoms with Gasteiger partial charge in [-0.15, -0.1) is 0 Å². The van der Waals surface area contributed by atoms with E-state index in [0.717, 1.165) is 43.6 Å². The molecule has 3 aliphatic rings. The summed E-state index contributed by atoms with van der Waals surface area (Å²) >= 11 is 0. The van der Waals surface area contributed by atoms with Gasteiger partial charge in [-0.05, 0) is 49.3 Å². The molecule has 2 aliphatic heterocycles. The van der Waals surface area contributed by atoms with Crippen molar-refractivity contribution in [3.8, 4) is 0 Å². The maximum Gasteiger partial charge on any atom is 0.250 e. The molecule has 2 fully saturated rings. The average Bonchev–Trinajstić information content (AvgIpc) is 3.45. The van der Waals surface area contributed by atoms with E-state index in [1.807, 2.05) is 33.7 Å². The Kier molecular flexibility index (Phi) is 5.89. The Morgan fingerprint density at radius 2 is 1.97 bits per heavy atom. The minimum atomic E-state index is -0.0382. The van der Waals surface area contributed by atoms with Crippen LogP contribution in [-0.4, -0.2) is 40.4 Å². The van der Waals surface area contributed by atoms with Crippen LogP contribution in [0.3, 0.4) is 0 Å². The van der Waals surface area contributed by atoms with Crippen molar-refractivity contribution in [2.75, 3.05) is 13.1 Å². The molecule has 2 unspecified atom stereocenters. The summed E-state index contributed by atoms with van der Waals surface area (Å²) in [6.45, 7) is 1.98. The molecule has 1 saturated heterocycles. The Labute approximate surface area is 187 Å². The number of amides is 2. The van der Waals surface area contributed by atoms with Gasteiger partial charge in [-0.25, -0.2) is 0 Å². The molecule has 7 heteroatoms. The zero-order valence-corrected chi connectivity index (χ0v) is 18.4. The van der Waals surface area contributed by atoms with Crippen LogP contribution in [0.5, 0.6) is 0 Å². The lowest BCUT2D eigenvalue weighted by Crippen LogP contribution is -2.49. The second-order valence-corrected chi connectivity index (χ2v) is 9.65. The molecule has 2 aromatic rings. The van der Waals surface area contributed by atoms with Crippen molar-refractivity contribution in [1.29, 1.82) is 0 Å². The summed E-state index contributed by atoms with van der Waals surface area (Å²) in [6, 6.07) is 9.46. The van der Waals surface area contributed by atoms with Crippen molar-refractivity contribution in [2.45, 2.75) is 63.5 Å². The van der Waals surface area contributed by atoms with Crippen molar-refractivity contribution in [1.82, 2.24) is 14.8 Å². The van der Waals surface area contributed by atoms with Gasteiger partial charge in [0, 0.05) is 62.6 Å². The number of nitrogens with one attached hydrogen (secondary N) is 1. The number of carbonyl (C=O) groups is 2. The van der Waals surface area contributed by atoms with Gasteiger partial charge in [0.1, 0.15) is 5.76 Å². The van der Waals surface area contributed by atoms with Gasteiger partial charge in [0.15, 0.2) is 0 Å². The highest BCUT2D eigenvalue weighted by atomic mass is 16.3. The number of furan rings is 1. The number of pyridine rings is 1. The highest BCUT2D eigenvalue weighted by Gasteiger charge is 2.36. The number of nitrogens with zero attached hydrogens (tertiary/aromatic N) is 2. The third-order valence-corrected chi connectivity index (χ3v) is 7.45. The first-order chi connectivity index (χ1) is 15.6. The largest absolute Gasteiger partial charge is 0.469 e. The number of carbonyl (C=O) groups excluding carboxylic acids is 2. The zero-order valence-electron chi connectivity index (χ0n) is 18.4. The van der Waals surface area contributed by atoms with Gasteiger partial charge < -0.3 is 19.2 Å². The summed E-state index contributed by atoms with van der Waals surface area (Å²) in [6.07, 6.45) is 7.20. The fraction of sp³-hybridized carbons (Fsp3) is 0.560. The fourth-order valence-electron chi connectivity index (χ4n) is 5.92. The highest BCUT2D eigenvalue weighted by Crippen LogP contribution is 2.35. The summed E-state index contributed by atoms with van der Waals surface area (Å²) in [5.41, 5.74) is 1.08. The lowest BCUT2D eigenvalue weighted by Gasteiger charge is -2.42. The van der Waals surface area contributed by atoms with Gasteiger partial charge in [0.2, 0.25) is 11.8 Å². The molecule has 0 radical (unpaired) electrons. The van der Waals surface area contributed by atoms with Crippen LogP contribution in [0.2, 0.25) is 0 Å². The standard InChI is InChI=1S/C25H31N3O4/c29-23(26-21-6-1-4-18(21)13-20-5-3-11-32-20)9-10-24(30)27-14-17-12-19(16-27)22-7-2-8-25(31)28(22)15-17/h2-3,5,7-8,11,17-19,21H,1,4,6,9-10,12-16H2,(H,26,29)/t17-,18?,19+,21?/m0/s1. The molecule has 32 heavy (non-hydrogen) atoms. The molecular weight excluding hydrogens is 406 g/mol. The highest BCUT2D eigenvalue weighted by molar-refractivity contribution is 5.84. The molecule has 1 N–H and O–H groups in total. The number of hydrogen-bond donors (Lipinski definition) is 1. The van der Waals surface area contributed by atoms with E-state index in [4.69, 9.17) is 4.42 Å². The van der Waals surface area contributed by atoms with Crippen LogP contribution >= 0.6 is 0 Å². The van der Waals surface area contributed by atoms with Crippen LogP contribution in [0.1, 0.15) is 55.9 Å². The lowest BCUT2D eigenvalue weighted by molar-refractivity contribution is -0.136. The molecule has 2 aromatic heterocycles. The van der Waals surface area contributed by atoms with Crippen LogP contribution in [0.15, 0.2) is 45.8 Å². The number of aromatic nitrogens is 1. The van der Waals surface area contributed by atoms with Crippen molar-refractivity contribution >= 4 is 11.8 Å². The van der Waals surface area contributed by atoms with Gasteiger partial charge in [0.05, 0.1) is 6.26 Å². The molecule has 0 spiro atoms. The Hall–Kier alpha value is -2.83. The first kappa shape index (κ1) is 21.0. The topological polar surface area (TPSA) is 84.5 Å². The molecule has 7 nitrogen and oxygen atoms in total. The maximum atomic E-state index is 12.9. The van der Waals surface area contributed by atoms with E-state index >= 15 is 0 Å². The van der Waals surface area contributed by atoms with Gasteiger partial charge in [-0.3, -0.25) is 14.4 Å². The summed E-state index contributed by atoms with van der Waals surface area (Å²) < 4.78 is 7.34. The van der Waals surface area contributed by atoms with Crippen molar-refractivity contribution in [2.24, 2.45) is 11.8 Å². The molecular formula is C25H31N3O4. The Morgan fingerprint density at radius 1 is 1.06 bits per heavy atom. The van der Waals surface area contributed by atoms with Gasteiger partial charge >= 0.3 is 0 Å². The van der Waals surface area contributed by atoms with Crippen LogP contribution in [0, 0.1) is 11.8 Å². The van der Waals surface area contributed by atoms with Gasteiger partial charge in [-0.1, -0.05) is 12.5 Å². The second kappa shape index (κ2) is 8.96. The molecule has 4 atom stereocenters. The normalized spacial score (nSPS) is 26.6. The van der Waals surface area contributed by atoms with E-state index in [2.05, 4.69) is 5.32 Å². The third kappa shape index (κ3) is 4.38. The Bertz CT molecular complexity index is 1030. The van der Waals surface area contributed by atoms with E-state index in [1.54, 1.807) is 12.3 Å². The molecule has 1 aliphatic carbocycles. The van der Waals surface area contributed by atoms with Crippen molar-refractivity contribution in [3.63, 3.8) is 0 Å². The molecule has 4 heterocycles. The van der Waals surface area contributed by atoms with Crippen molar-refractivity contribution < 1.29 is 14.0 Å². The van der Waals surface area contributed by atoms with Crippen LogP contribution in [-0.2, 0) is 22.6 Å². The molecule has 2 bridgehead atoms. The number of fused-ring (bicyclic) bond motifs is 4. The summed E-state index contributed by atoms with van der Waals surface area (Å²) in [7, 11) is 0. The predicted molar refractivity (Wildman–Crippen MR) is 119 cm³/mol. The van der Waals surface area contributed by atoms with Gasteiger partial charge in [0.25, 0.3) is 5.56 Å².